The standard InChI is InChI=1S/C18H16N4O5/c23-17(10-22-18(24)13-3-1-2-4-14(13)20-21-22)19-7-8-25-12-5-6-15-16(9-12)27-11-26-15/h1-6,9H,7-8,10-11H2,(H,19,23). The molecule has 138 valence electrons. The smallest absolute Gasteiger partial charge is 0.278 e. The molecule has 0 unspecified atom stereocenters. The second-order valence-corrected chi connectivity index (χ2v) is 5.78. The summed E-state index contributed by atoms with van der Waals surface area (Å²) in [5.41, 5.74) is 0.142. The van der Waals surface area contributed by atoms with Crippen LogP contribution in [-0.2, 0) is 11.3 Å². The zero-order chi connectivity index (χ0) is 18.6. The van der Waals surface area contributed by atoms with Gasteiger partial charge < -0.3 is 19.5 Å². The average molecular weight is 368 g/mol. The number of carbonyl (C=O) groups excluding carboxylic acids is 1. The predicted molar refractivity (Wildman–Crippen MR) is 94.9 cm³/mol. The number of fused-ring (bicyclic) bond motifs is 2. The number of rotatable bonds is 6. The molecule has 1 N–H and O–H groups in total. The Labute approximate surface area is 153 Å². The number of hydrogen-bond donors (Lipinski definition) is 1. The molecule has 2 heterocycles. The summed E-state index contributed by atoms with van der Waals surface area (Å²) in [6, 6.07) is 12.1. The minimum absolute atomic E-state index is 0.200. The summed E-state index contributed by atoms with van der Waals surface area (Å²) in [7, 11) is 0. The van der Waals surface area contributed by atoms with Crippen LogP contribution in [0.2, 0.25) is 0 Å². The third-order valence-electron chi connectivity index (χ3n) is 3.96. The van der Waals surface area contributed by atoms with Crippen LogP contribution in [-0.4, -0.2) is 40.8 Å². The molecule has 0 saturated carbocycles. The molecule has 1 aliphatic heterocycles. The number of nitrogens with zero attached hydrogens (tertiary/aromatic N) is 3. The Morgan fingerprint density at radius 2 is 2.04 bits per heavy atom. The van der Waals surface area contributed by atoms with Crippen molar-refractivity contribution in [3.05, 3.63) is 52.8 Å². The monoisotopic (exact) mass is 368 g/mol. The van der Waals surface area contributed by atoms with Gasteiger partial charge in [0.2, 0.25) is 12.7 Å². The molecular formula is C18H16N4O5. The van der Waals surface area contributed by atoms with Crippen LogP contribution >= 0.6 is 0 Å². The van der Waals surface area contributed by atoms with Gasteiger partial charge in [0.05, 0.1) is 11.9 Å². The van der Waals surface area contributed by atoms with Gasteiger partial charge in [0, 0.05) is 6.07 Å². The minimum atomic E-state index is -0.354. The Kier molecular flexibility index (Phi) is 4.56. The first kappa shape index (κ1) is 16.8. The van der Waals surface area contributed by atoms with Crippen LogP contribution in [0.3, 0.4) is 0 Å². The molecule has 4 rings (SSSR count). The zero-order valence-electron chi connectivity index (χ0n) is 14.3. The van der Waals surface area contributed by atoms with Gasteiger partial charge in [0.25, 0.3) is 5.56 Å². The number of ether oxygens (including phenoxy) is 3. The lowest BCUT2D eigenvalue weighted by Crippen LogP contribution is -2.36. The molecule has 0 spiro atoms. The van der Waals surface area contributed by atoms with Gasteiger partial charge in [0.1, 0.15) is 24.4 Å². The molecule has 9 heteroatoms. The normalized spacial score (nSPS) is 12.1. The maximum Gasteiger partial charge on any atom is 0.278 e. The first-order valence-corrected chi connectivity index (χ1v) is 8.32. The highest BCUT2D eigenvalue weighted by Crippen LogP contribution is 2.34. The highest BCUT2D eigenvalue weighted by molar-refractivity contribution is 5.78. The summed E-state index contributed by atoms with van der Waals surface area (Å²) < 4.78 is 17.1. The average Bonchev–Trinajstić information content (AvgIpc) is 3.15. The molecule has 3 aromatic rings. The Morgan fingerprint density at radius 3 is 2.96 bits per heavy atom. The van der Waals surface area contributed by atoms with Crippen LogP contribution in [0.25, 0.3) is 10.9 Å². The van der Waals surface area contributed by atoms with Crippen LogP contribution in [0.5, 0.6) is 17.2 Å². The van der Waals surface area contributed by atoms with Crippen molar-refractivity contribution in [2.24, 2.45) is 0 Å². The molecular weight excluding hydrogens is 352 g/mol. The van der Waals surface area contributed by atoms with Gasteiger partial charge >= 0.3 is 0 Å². The maximum atomic E-state index is 12.3. The van der Waals surface area contributed by atoms with E-state index >= 15 is 0 Å². The second kappa shape index (κ2) is 7.32. The van der Waals surface area contributed by atoms with Crippen molar-refractivity contribution in [1.82, 2.24) is 20.3 Å². The highest BCUT2D eigenvalue weighted by Gasteiger charge is 2.14. The number of amides is 1. The van der Waals surface area contributed by atoms with E-state index in [4.69, 9.17) is 14.2 Å². The molecule has 1 aromatic heterocycles. The fourth-order valence-corrected chi connectivity index (χ4v) is 2.64. The topological polar surface area (TPSA) is 105 Å². The van der Waals surface area contributed by atoms with Crippen molar-refractivity contribution in [3.63, 3.8) is 0 Å². The summed E-state index contributed by atoms with van der Waals surface area (Å²) in [6.45, 7) is 0.541. The van der Waals surface area contributed by atoms with Crippen molar-refractivity contribution in [2.75, 3.05) is 19.9 Å². The largest absolute Gasteiger partial charge is 0.492 e. The molecule has 27 heavy (non-hydrogen) atoms. The lowest BCUT2D eigenvalue weighted by molar-refractivity contribution is -0.122. The third-order valence-corrected chi connectivity index (χ3v) is 3.96. The number of carbonyl (C=O) groups is 1. The summed E-state index contributed by atoms with van der Waals surface area (Å²) in [4.78, 5) is 24.3. The lowest BCUT2D eigenvalue weighted by atomic mass is 10.2. The summed E-state index contributed by atoms with van der Waals surface area (Å²) in [5, 5.41) is 10.8. The van der Waals surface area contributed by atoms with Gasteiger partial charge in [-0.2, -0.15) is 0 Å². The fraction of sp³-hybridized carbons (Fsp3) is 0.222. The van der Waals surface area contributed by atoms with Gasteiger partial charge in [-0.1, -0.05) is 17.3 Å². The summed E-state index contributed by atoms with van der Waals surface area (Å²) in [6.07, 6.45) is 0. The molecule has 0 atom stereocenters. The molecule has 0 radical (unpaired) electrons. The zero-order valence-corrected chi connectivity index (χ0v) is 14.3. The van der Waals surface area contributed by atoms with Crippen molar-refractivity contribution < 1.29 is 19.0 Å². The van der Waals surface area contributed by atoms with Gasteiger partial charge in [0.15, 0.2) is 11.5 Å². The van der Waals surface area contributed by atoms with E-state index < -0.39 is 0 Å². The predicted octanol–water partition coefficient (Wildman–Crippen LogP) is 0.715. The molecule has 0 aliphatic carbocycles. The molecule has 0 bridgehead atoms. The number of aromatic nitrogens is 3. The van der Waals surface area contributed by atoms with Gasteiger partial charge in [-0.3, -0.25) is 9.59 Å². The second-order valence-electron chi connectivity index (χ2n) is 5.78. The number of nitrogens with one attached hydrogen (secondary N) is 1. The minimum Gasteiger partial charge on any atom is -0.492 e. The molecule has 1 aliphatic rings. The Balaban J connectivity index is 1.29. The van der Waals surface area contributed by atoms with E-state index in [1.807, 2.05) is 0 Å². The van der Waals surface area contributed by atoms with E-state index in [0.717, 1.165) is 4.68 Å². The molecule has 0 fully saturated rings. The van der Waals surface area contributed by atoms with E-state index in [1.165, 1.54) is 0 Å². The molecule has 1 amide bonds. The maximum absolute atomic E-state index is 12.3. The van der Waals surface area contributed by atoms with E-state index in [1.54, 1.807) is 42.5 Å². The summed E-state index contributed by atoms with van der Waals surface area (Å²) >= 11 is 0. The lowest BCUT2D eigenvalue weighted by Gasteiger charge is -2.09. The Bertz CT molecular complexity index is 1050. The third kappa shape index (κ3) is 3.66. The fourth-order valence-electron chi connectivity index (χ4n) is 2.64. The molecule has 0 saturated heterocycles. The van der Waals surface area contributed by atoms with E-state index in [-0.39, 0.29) is 38.0 Å². The van der Waals surface area contributed by atoms with Gasteiger partial charge in [-0.25, -0.2) is 4.68 Å². The van der Waals surface area contributed by atoms with Crippen molar-refractivity contribution in [1.29, 1.82) is 0 Å². The van der Waals surface area contributed by atoms with E-state index in [9.17, 15) is 9.59 Å². The highest BCUT2D eigenvalue weighted by atomic mass is 16.7. The number of hydrogen-bond acceptors (Lipinski definition) is 7. The van der Waals surface area contributed by atoms with E-state index in [2.05, 4.69) is 15.6 Å². The quantitative estimate of drug-likeness (QED) is 0.639. The Hall–Kier alpha value is -3.62. The molecule has 2 aromatic carbocycles. The van der Waals surface area contributed by atoms with Crippen LogP contribution in [0, 0.1) is 0 Å². The van der Waals surface area contributed by atoms with Crippen LogP contribution in [0.15, 0.2) is 47.3 Å². The first-order valence-electron chi connectivity index (χ1n) is 8.32. The van der Waals surface area contributed by atoms with Crippen molar-refractivity contribution >= 4 is 16.8 Å². The molecule has 9 nitrogen and oxygen atoms in total. The van der Waals surface area contributed by atoms with Crippen LogP contribution in [0.1, 0.15) is 0 Å². The van der Waals surface area contributed by atoms with Crippen LogP contribution < -0.4 is 25.1 Å². The Morgan fingerprint density at radius 1 is 1.19 bits per heavy atom. The van der Waals surface area contributed by atoms with Gasteiger partial charge in [-0.05, 0) is 24.3 Å². The van der Waals surface area contributed by atoms with Crippen molar-refractivity contribution in [2.45, 2.75) is 6.54 Å². The van der Waals surface area contributed by atoms with Gasteiger partial charge in [-0.15, -0.1) is 5.10 Å². The number of benzene rings is 2. The van der Waals surface area contributed by atoms with E-state index in [0.29, 0.717) is 28.2 Å². The summed E-state index contributed by atoms with van der Waals surface area (Å²) in [5.74, 6) is 1.57. The first-order chi connectivity index (χ1) is 13.2. The van der Waals surface area contributed by atoms with Crippen LogP contribution in [0.4, 0.5) is 0 Å². The SMILES string of the molecule is O=C(Cn1nnc2ccccc2c1=O)NCCOc1ccc2c(c1)OCO2. The van der Waals surface area contributed by atoms with Crippen molar-refractivity contribution in [3.8, 4) is 17.2 Å².